The number of fused-ring (bicyclic) bond motifs is 5. The lowest BCUT2D eigenvalue weighted by Gasteiger charge is -2.35. The number of hydrogen-bond donors (Lipinski definition) is 8. The fourth-order valence-electron chi connectivity index (χ4n) is 9.31. The molecule has 3 aliphatic rings. The van der Waals surface area contributed by atoms with Crippen molar-refractivity contribution >= 4 is 81.3 Å². The van der Waals surface area contributed by atoms with Crippen molar-refractivity contribution in [1.29, 1.82) is 0 Å². The Morgan fingerprint density at radius 3 is 2.12 bits per heavy atom. The molecule has 2 fully saturated rings. The van der Waals surface area contributed by atoms with Crippen molar-refractivity contribution in [2.75, 3.05) is 13.1 Å². The maximum Gasteiger partial charge on any atom is 0.325 e. The summed E-state index contributed by atoms with van der Waals surface area (Å²) in [5.41, 5.74) is 4.72. The number of carbonyl (C=O) groups is 8. The van der Waals surface area contributed by atoms with Gasteiger partial charge < -0.3 is 36.2 Å². The molecular weight excluding hydrogens is 1070 g/mol. The fourth-order valence-corrected chi connectivity index (χ4v) is 9.31. The summed E-state index contributed by atoms with van der Waals surface area (Å²) < 4.78 is 36.6. The van der Waals surface area contributed by atoms with Crippen LogP contribution >= 0.6 is 0 Å². The Labute approximate surface area is 481 Å². The van der Waals surface area contributed by atoms with E-state index in [1.54, 1.807) is 131 Å². The molecule has 4 aromatic rings. The van der Waals surface area contributed by atoms with Crippen LogP contribution in [0.3, 0.4) is 0 Å². The van der Waals surface area contributed by atoms with E-state index in [-0.39, 0.29) is 34.0 Å². The van der Waals surface area contributed by atoms with E-state index >= 15 is 8.78 Å². The molecule has 2 aromatic heterocycles. The van der Waals surface area contributed by atoms with E-state index < -0.39 is 118 Å². The number of cyclic esters (lactones) is 1. The molecule has 83 heavy (non-hydrogen) atoms. The molecule has 0 saturated carbocycles. The van der Waals surface area contributed by atoms with Gasteiger partial charge in [0.15, 0.2) is 11.6 Å². The van der Waals surface area contributed by atoms with E-state index in [1.807, 2.05) is 0 Å². The van der Waals surface area contributed by atoms with Crippen LogP contribution in [0, 0.1) is 34.3 Å². The number of carboxylic acid groups (broad SMARTS) is 1. The van der Waals surface area contributed by atoms with Gasteiger partial charge >= 0.3 is 11.9 Å². The second-order valence-electron chi connectivity index (χ2n) is 23.2. The molecule has 0 unspecified atom stereocenters. The van der Waals surface area contributed by atoms with Gasteiger partial charge in [-0.25, -0.2) is 29.6 Å². The first-order valence-electron chi connectivity index (χ1n) is 28.0. The van der Waals surface area contributed by atoms with Crippen LogP contribution < -0.4 is 32.1 Å². The molecule has 5 heterocycles. The fraction of sp³-hybridized carbons (Fsp3) is 0.500. The van der Waals surface area contributed by atoms with Crippen LogP contribution in [0.1, 0.15) is 143 Å². The van der Waals surface area contributed by atoms with Crippen LogP contribution in [0.5, 0.6) is 0 Å². The summed E-state index contributed by atoms with van der Waals surface area (Å²) in [4.78, 5) is 112. The number of halogens is 2. The van der Waals surface area contributed by atoms with Crippen LogP contribution in [-0.2, 0) is 43.1 Å². The Morgan fingerprint density at radius 1 is 0.831 bits per heavy atom. The predicted molar refractivity (Wildman–Crippen MR) is 306 cm³/mol. The number of benzene rings is 2. The molecule has 0 aliphatic carbocycles. The molecule has 6 amide bonds. The van der Waals surface area contributed by atoms with Gasteiger partial charge in [0.05, 0.1) is 28.3 Å². The second-order valence-corrected chi connectivity index (χ2v) is 23.2. The lowest BCUT2D eigenvalue weighted by molar-refractivity contribution is -0.157. The number of aromatic nitrogens is 2. The van der Waals surface area contributed by atoms with Crippen molar-refractivity contribution < 1.29 is 62.1 Å². The Balaban J connectivity index is 0.000000267. The third-order valence-electron chi connectivity index (χ3n) is 14.8. The van der Waals surface area contributed by atoms with Crippen LogP contribution in [-0.4, -0.2) is 127 Å². The van der Waals surface area contributed by atoms with Gasteiger partial charge in [0, 0.05) is 35.0 Å². The highest BCUT2D eigenvalue weighted by molar-refractivity contribution is 5.96. The maximum absolute atomic E-state index is 15.6. The summed E-state index contributed by atoms with van der Waals surface area (Å²) in [6.45, 7) is 20.6. The molecule has 23 heteroatoms. The average molecular weight is 1150 g/mol. The molecule has 2 aromatic carbocycles. The van der Waals surface area contributed by atoms with Crippen molar-refractivity contribution in [2.45, 2.75) is 157 Å². The van der Waals surface area contributed by atoms with Crippen molar-refractivity contribution in [3.63, 3.8) is 0 Å². The van der Waals surface area contributed by atoms with E-state index in [0.29, 0.717) is 60.9 Å². The van der Waals surface area contributed by atoms with E-state index in [2.05, 4.69) is 42.1 Å². The molecule has 0 spiro atoms. The van der Waals surface area contributed by atoms with Crippen molar-refractivity contribution in [3.05, 3.63) is 94.8 Å². The predicted octanol–water partition coefficient (Wildman–Crippen LogP) is 5.86. The number of nitrogens with zero attached hydrogens (tertiary/aromatic N) is 4. The third-order valence-corrected chi connectivity index (χ3v) is 14.8. The minimum absolute atomic E-state index is 0.108. The van der Waals surface area contributed by atoms with E-state index in [4.69, 9.17) is 4.74 Å². The lowest BCUT2D eigenvalue weighted by Crippen LogP contribution is -2.61. The molecule has 448 valence electrons. The number of esters is 1. The maximum atomic E-state index is 15.6. The van der Waals surface area contributed by atoms with Crippen LogP contribution in [0.15, 0.2) is 60.7 Å². The number of aliphatic hydroxyl groups excluding tert-OH is 1. The van der Waals surface area contributed by atoms with Gasteiger partial charge in [0.2, 0.25) is 23.6 Å². The van der Waals surface area contributed by atoms with Crippen molar-refractivity contribution in [3.8, 4) is 0 Å². The number of amides is 6. The highest BCUT2D eigenvalue weighted by atomic mass is 19.1. The summed E-state index contributed by atoms with van der Waals surface area (Å²) in [6, 6.07) is 7.86. The largest absolute Gasteiger partial charge is 0.480 e. The Kier molecular flexibility index (Phi) is 21.0. The number of aliphatic carboxylic acids is 1. The first-order chi connectivity index (χ1) is 38.9. The minimum Gasteiger partial charge on any atom is -0.480 e. The molecule has 8 N–H and O–H groups in total. The number of ether oxygens (including phenoxy) is 1. The highest BCUT2D eigenvalue weighted by Gasteiger charge is 2.38. The smallest absolute Gasteiger partial charge is 0.325 e. The van der Waals surface area contributed by atoms with Gasteiger partial charge in [0.1, 0.15) is 53.4 Å². The molecule has 2 saturated heterocycles. The van der Waals surface area contributed by atoms with Crippen LogP contribution in [0.25, 0.3) is 34.0 Å². The molecule has 3 aliphatic heterocycles. The third kappa shape index (κ3) is 15.9. The molecule has 5 bridgehead atoms. The Bertz CT molecular complexity index is 3180. The first-order valence-corrected chi connectivity index (χ1v) is 28.0. The summed E-state index contributed by atoms with van der Waals surface area (Å²) >= 11 is 0. The lowest BCUT2D eigenvalue weighted by atomic mass is 9.89. The Hall–Kier alpha value is -7.76. The number of aliphatic hydroxyl groups is 1. The van der Waals surface area contributed by atoms with E-state index in [9.17, 15) is 48.6 Å². The van der Waals surface area contributed by atoms with Gasteiger partial charge in [-0.15, -0.1) is 0 Å². The zero-order chi connectivity index (χ0) is 61.4. The van der Waals surface area contributed by atoms with Crippen LogP contribution in [0.4, 0.5) is 8.78 Å². The second kappa shape index (κ2) is 27.1. The van der Waals surface area contributed by atoms with E-state index in [0.717, 1.165) is 0 Å². The van der Waals surface area contributed by atoms with Gasteiger partial charge in [-0.1, -0.05) is 88.4 Å². The summed E-state index contributed by atoms with van der Waals surface area (Å²) in [7, 11) is 0. The zero-order valence-corrected chi connectivity index (χ0v) is 49.1. The summed E-state index contributed by atoms with van der Waals surface area (Å²) in [5.74, 6) is -6.29. The molecule has 8 atom stereocenters. The summed E-state index contributed by atoms with van der Waals surface area (Å²) in [5, 5.41) is 33.6. The molecule has 0 radical (unpaired) electrons. The van der Waals surface area contributed by atoms with Gasteiger partial charge in [-0.3, -0.25) is 48.4 Å². The number of carbonyl (C=O) groups excluding carboxylic acids is 7. The summed E-state index contributed by atoms with van der Waals surface area (Å²) in [6.07, 6.45) is 6.36. The molecular formula is C60H78F2N10O11. The van der Waals surface area contributed by atoms with Crippen molar-refractivity contribution in [1.82, 2.24) is 52.1 Å². The van der Waals surface area contributed by atoms with E-state index in [1.165, 1.54) is 35.2 Å². The normalized spacial score (nSPS) is 22.4. The number of nitrogens with one attached hydrogen (secondary N) is 6. The van der Waals surface area contributed by atoms with Gasteiger partial charge in [0.25, 0.3) is 11.8 Å². The first kappa shape index (κ1) is 64.4. The highest BCUT2D eigenvalue weighted by Crippen LogP contribution is 2.29. The Morgan fingerprint density at radius 2 is 1.47 bits per heavy atom. The topological polar surface area (TPSA) is 291 Å². The number of hydrazine groups is 2. The number of pyridine rings is 2. The quantitative estimate of drug-likeness (QED) is 0.0816. The molecule has 7 rings (SSSR count). The standard InChI is InChI=1S/C30H40FN5O6.C30H38FN5O5/c1-16(2)24(26(38)32-17(3)27(39)36-15-7-8-22(35-36)28(40)41)34-29(42)30(5,6)14-13-19-9-10-20-11-12-21(18(4)37)33-25(20)23(19)31;1-16(2)24-26(37)32-17(3)27(38)36-15-7-8-22(35-36)28(39)41-18(4)21-12-11-20-10-9-19(23(31)25(20)33-21)13-14-30(5,6)29(40)34-24/h9-14,16-18,22,24,35,37H,7-8,15H2,1-6H3,(H,32,38)(H,34,42)(H,40,41);9-14,16-18,22,24,35H,7-8,15H2,1-6H3,(H,32,37)(H,34,40)/b2*14-13+/t2*17-,18+,22-,24-/m00/s1. The van der Waals surface area contributed by atoms with Gasteiger partial charge in [-0.05, 0) is 105 Å². The zero-order valence-electron chi connectivity index (χ0n) is 49.1. The average Bonchev–Trinajstić information content (AvgIpc) is 3.62. The monoisotopic (exact) mass is 1150 g/mol. The number of hydrogen-bond acceptors (Lipinski definition) is 14. The minimum atomic E-state index is -1.14. The number of rotatable bonds is 11. The SMILES string of the molecule is CC(C)[C@@H]1NC(=O)C(C)(C)/C=C/c2ccc3ccc(nc3c2F)[C@@H](C)OC(=O)[C@@H]2CCCN(N2)C(=O)[C@H](C)NC1=O.CC(C)[C@H](NC(=O)C(C)(C)/C=C/c1ccc2ccc([C@@H](C)O)nc2c1F)C(=O)N[C@@H](C)C(=O)N1CCC[C@@H](C(=O)O)N1. The van der Waals surface area contributed by atoms with Crippen LogP contribution in [0.2, 0.25) is 0 Å². The van der Waals surface area contributed by atoms with Crippen molar-refractivity contribution in [2.24, 2.45) is 22.7 Å². The van der Waals surface area contributed by atoms with Gasteiger partial charge in [-0.2, -0.15) is 0 Å². The molecule has 21 nitrogen and oxygen atoms in total. The number of carboxylic acids is 1.